The minimum Gasteiger partial charge on any atom is -0.393 e. The summed E-state index contributed by atoms with van der Waals surface area (Å²) >= 11 is 0. The van der Waals surface area contributed by atoms with E-state index in [1.807, 2.05) is 38.1 Å². The van der Waals surface area contributed by atoms with Gasteiger partial charge >= 0.3 is 0 Å². The summed E-state index contributed by atoms with van der Waals surface area (Å²) in [4.78, 5) is 7.60. The molecule has 1 unspecified atom stereocenters. The quantitative estimate of drug-likeness (QED) is 0.743. The van der Waals surface area contributed by atoms with Crippen LogP contribution in [0.4, 0.5) is 5.95 Å². The molecule has 0 aliphatic carbocycles. The number of fused-ring (bicyclic) bond motifs is 1. The molecule has 2 rings (SSSR count). The van der Waals surface area contributed by atoms with Crippen LogP contribution in [0, 0.1) is 5.92 Å². The highest BCUT2D eigenvalue weighted by molar-refractivity contribution is 5.77. The summed E-state index contributed by atoms with van der Waals surface area (Å²) in [6, 6.07) is 7.92. The van der Waals surface area contributed by atoms with Gasteiger partial charge in [-0.25, -0.2) is 4.98 Å². The first kappa shape index (κ1) is 11.9. The number of nitrogens with zero attached hydrogens (tertiary/aromatic N) is 1. The number of aromatic amines is 1. The Bertz CT molecular complexity index is 445. The van der Waals surface area contributed by atoms with E-state index in [4.69, 9.17) is 0 Å². The maximum Gasteiger partial charge on any atom is 0.201 e. The van der Waals surface area contributed by atoms with Crippen LogP contribution in [0.3, 0.4) is 0 Å². The second-order valence-corrected chi connectivity index (χ2v) is 4.63. The first-order valence-electron chi connectivity index (χ1n) is 6.03. The molecule has 3 N–H and O–H groups in total. The SMILES string of the molecule is CC(C)C(O)CCNc1nc2ccccc2[nH]1. The van der Waals surface area contributed by atoms with Gasteiger partial charge in [0, 0.05) is 6.54 Å². The molecule has 1 aromatic carbocycles. The number of benzene rings is 1. The number of H-pyrrole nitrogens is 1. The van der Waals surface area contributed by atoms with Crippen molar-refractivity contribution in [1.29, 1.82) is 0 Å². The van der Waals surface area contributed by atoms with E-state index in [0.29, 0.717) is 5.92 Å². The van der Waals surface area contributed by atoms with Gasteiger partial charge in [0.1, 0.15) is 0 Å². The summed E-state index contributed by atoms with van der Waals surface area (Å²) in [6.07, 6.45) is 0.473. The first-order chi connectivity index (χ1) is 8.16. The molecule has 1 atom stereocenters. The van der Waals surface area contributed by atoms with Crippen molar-refractivity contribution in [3.63, 3.8) is 0 Å². The van der Waals surface area contributed by atoms with Crippen molar-refractivity contribution < 1.29 is 5.11 Å². The average Bonchev–Trinajstić information content (AvgIpc) is 2.71. The van der Waals surface area contributed by atoms with Crippen molar-refractivity contribution >= 4 is 17.0 Å². The van der Waals surface area contributed by atoms with Crippen LogP contribution in [-0.2, 0) is 0 Å². The van der Waals surface area contributed by atoms with Crippen molar-refractivity contribution in [2.24, 2.45) is 5.92 Å². The molecule has 1 heterocycles. The van der Waals surface area contributed by atoms with E-state index < -0.39 is 0 Å². The molecule has 0 aliphatic rings. The molecule has 0 bridgehead atoms. The van der Waals surface area contributed by atoms with Gasteiger partial charge < -0.3 is 15.4 Å². The number of anilines is 1. The third kappa shape index (κ3) is 2.97. The highest BCUT2D eigenvalue weighted by Gasteiger charge is 2.08. The molecular formula is C13H19N3O. The number of nitrogens with one attached hydrogen (secondary N) is 2. The van der Waals surface area contributed by atoms with E-state index in [1.165, 1.54) is 0 Å². The summed E-state index contributed by atoms with van der Waals surface area (Å²) in [5.41, 5.74) is 1.99. The number of aliphatic hydroxyl groups excluding tert-OH is 1. The zero-order chi connectivity index (χ0) is 12.3. The topological polar surface area (TPSA) is 60.9 Å². The third-order valence-electron chi connectivity index (χ3n) is 2.89. The fourth-order valence-corrected chi connectivity index (χ4v) is 1.71. The predicted molar refractivity (Wildman–Crippen MR) is 70.0 cm³/mol. The van der Waals surface area contributed by atoms with Crippen LogP contribution in [-0.4, -0.2) is 27.7 Å². The Morgan fingerprint density at radius 2 is 2.12 bits per heavy atom. The summed E-state index contributed by atoms with van der Waals surface area (Å²) in [6.45, 7) is 4.76. The molecule has 0 fully saturated rings. The molecule has 4 heteroatoms. The molecule has 92 valence electrons. The maximum atomic E-state index is 9.67. The fraction of sp³-hybridized carbons (Fsp3) is 0.462. The molecule has 0 saturated carbocycles. The number of imidazole rings is 1. The van der Waals surface area contributed by atoms with Gasteiger partial charge in [-0.2, -0.15) is 0 Å². The molecule has 2 aromatic rings. The van der Waals surface area contributed by atoms with Crippen LogP contribution in [0.2, 0.25) is 0 Å². The van der Waals surface area contributed by atoms with Crippen molar-refractivity contribution in [1.82, 2.24) is 9.97 Å². The van der Waals surface area contributed by atoms with Crippen LogP contribution in [0.25, 0.3) is 11.0 Å². The van der Waals surface area contributed by atoms with Gasteiger partial charge in [-0.05, 0) is 24.5 Å². The molecule has 1 aromatic heterocycles. The summed E-state index contributed by atoms with van der Waals surface area (Å²) < 4.78 is 0. The maximum absolute atomic E-state index is 9.67. The summed E-state index contributed by atoms with van der Waals surface area (Å²) in [5, 5.41) is 12.9. The average molecular weight is 233 g/mol. The van der Waals surface area contributed by atoms with Crippen LogP contribution in [0.5, 0.6) is 0 Å². The molecule has 4 nitrogen and oxygen atoms in total. The second-order valence-electron chi connectivity index (χ2n) is 4.63. The van der Waals surface area contributed by atoms with Crippen molar-refractivity contribution in [3.8, 4) is 0 Å². The molecule has 17 heavy (non-hydrogen) atoms. The van der Waals surface area contributed by atoms with E-state index in [1.54, 1.807) is 0 Å². The number of hydrogen-bond donors (Lipinski definition) is 3. The molecular weight excluding hydrogens is 214 g/mol. The van der Waals surface area contributed by atoms with Crippen molar-refractivity contribution in [2.45, 2.75) is 26.4 Å². The lowest BCUT2D eigenvalue weighted by molar-refractivity contribution is 0.120. The van der Waals surface area contributed by atoms with E-state index in [2.05, 4.69) is 15.3 Å². The lowest BCUT2D eigenvalue weighted by Gasteiger charge is -2.13. The van der Waals surface area contributed by atoms with Gasteiger partial charge in [-0.15, -0.1) is 0 Å². The van der Waals surface area contributed by atoms with E-state index >= 15 is 0 Å². The minimum atomic E-state index is -0.258. The molecule has 0 radical (unpaired) electrons. The van der Waals surface area contributed by atoms with Crippen LogP contribution in [0.1, 0.15) is 20.3 Å². The molecule has 0 saturated heterocycles. The molecule has 0 aliphatic heterocycles. The summed E-state index contributed by atoms with van der Waals surface area (Å²) in [7, 11) is 0. The van der Waals surface area contributed by atoms with Crippen LogP contribution >= 0.6 is 0 Å². The number of rotatable bonds is 5. The van der Waals surface area contributed by atoms with Gasteiger partial charge in [0.2, 0.25) is 5.95 Å². The Kier molecular flexibility index (Phi) is 3.64. The fourth-order valence-electron chi connectivity index (χ4n) is 1.71. The van der Waals surface area contributed by atoms with Crippen LogP contribution in [0.15, 0.2) is 24.3 Å². The Hall–Kier alpha value is -1.55. The lowest BCUT2D eigenvalue weighted by atomic mass is 10.0. The third-order valence-corrected chi connectivity index (χ3v) is 2.89. The zero-order valence-corrected chi connectivity index (χ0v) is 10.3. The second kappa shape index (κ2) is 5.19. The largest absolute Gasteiger partial charge is 0.393 e. The highest BCUT2D eigenvalue weighted by Crippen LogP contribution is 2.13. The van der Waals surface area contributed by atoms with Gasteiger partial charge in [0.15, 0.2) is 0 Å². The van der Waals surface area contributed by atoms with E-state index in [9.17, 15) is 5.11 Å². The minimum absolute atomic E-state index is 0.258. The van der Waals surface area contributed by atoms with Crippen molar-refractivity contribution in [3.05, 3.63) is 24.3 Å². The normalized spacial score (nSPS) is 13.2. The van der Waals surface area contributed by atoms with Gasteiger partial charge in [-0.3, -0.25) is 0 Å². The smallest absolute Gasteiger partial charge is 0.201 e. The predicted octanol–water partition coefficient (Wildman–Crippen LogP) is 2.38. The van der Waals surface area contributed by atoms with E-state index in [0.717, 1.165) is 29.9 Å². The summed E-state index contributed by atoms with van der Waals surface area (Å²) in [5.74, 6) is 1.06. The molecule has 0 spiro atoms. The van der Waals surface area contributed by atoms with E-state index in [-0.39, 0.29) is 6.10 Å². The zero-order valence-electron chi connectivity index (χ0n) is 10.3. The number of aromatic nitrogens is 2. The standard InChI is InChI=1S/C13H19N3O/c1-9(2)12(17)7-8-14-13-15-10-5-3-4-6-11(10)16-13/h3-6,9,12,17H,7-8H2,1-2H3,(H2,14,15,16). The molecule has 0 amide bonds. The van der Waals surface area contributed by atoms with Gasteiger partial charge in [-0.1, -0.05) is 26.0 Å². The Labute approximate surface area is 101 Å². The Balaban J connectivity index is 1.91. The van der Waals surface area contributed by atoms with Crippen molar-refractivity contribution in [2.75, 3.05) is 11.9 Å². The van der Waals surface area contributed by atoms with Crippen LogP contribution < -0.4 is 5.32 Å². The number of hydrogen-bond acceptors (Lipinski definition) is 3. The first-order valence-corrected chi connectivity index (χ1v) is 6.03. The number of aliphatic hydroxyl groups is 1. The van der Waals surface area contributed by atoms with Gasteiger partial charge in [0.25, 0.3) is 0 Å². The van der Waals surface area contributed by atoms with Gasteiger partial charge in [0.05, 0.1) is 17.1 Å². The number of para-hydroxylation sites is 2. The highest BCUT2D eigenvalue weighted by atomic mass is 16.3. The monoisotopic (exact) mass is 233 g/mol. The Morgan fingerprint density at radius 1 is 1.35 bits per heavy atom. The lowest BCUT2D eigenvalue weighted by Crippen LogP contribution is -2.19. The Morgan fingerprint density at radius 3 is 2.82 bits per heavy atom.